The average molecular weight is 173 g/mol. The van der Waals surface area contributed by atoms with Crippen LogP contribution in [0.5, 0.6) is 0 Å². The molecule has 0 aromatic rings. The Hall–Kier alpha value is -0.610. The van der Waals surface area contributed by atoms with Crippen LogP contribution < -0.4 is 5.32 Å². The molecule has 0 aliphatic carbocycles. The highest BCUT2D eigenvalue weighted by atomic mass is 16.5. The molecule has 0 radical (unpaired) electrons. The maximum atomic E-state index is 11.1. The van der Waals surface area contributed by atoms with Gasteiger partial charge < -0.3 is 15.2 Å². The van der Waals surface area contributed by atoms with Crippen molar-refractivity contribution in [3.05, 3.63) is 0 Å². The van der Waals surface area contributed by atoms with Crippen LogP contribution in [0.3, 0.4) is 0 Å². The van der Waals surface area contributed by atoms with Crippen LogP contribution in [-0.2, 0) is 9.53 Å². The summed E-state index contributed by atoms with van der Waals surface area (Å²) >= 11 is 0. The van der Waals surface area contributed by atoms with Crippen LogP contribution in [0, 0.1) is 0 Å². The predicted molar refractivity (Wildman–Crippen MR) is 43.7 cm³/mol. The minimum absolute atomic E-state index is 0.0517. The number of nitrogens with one attached hydrogen (secondary N) is 1. The number of carbonyl (C=O) groups is 1. The van der Waals surface area contributed by atoms with Gasteiger partial charge in [-0.2, -0.15) is 0 Å². The predicted octanol–water partition coefficient (Wildman–Crippen LogP) is -0.338. The molecule has 0 bridgehead atoms. The molecule has 0 spiro atoms. The normalized spacial score (nSPS) is 30.0. The van der Waals surface area contributed by atoms with Gasteiger partial charge in [0.05, 0.1) is 12.6 Å². The molecule has 0 unspecified atom stereocenters. The number of amides is 1. The number of hydrogen-bond donors (Lipinski definition) is 2. The number of carbonyl (C=O) groups excluding carboxylic acids is 1. The van der Waals surface area contributed by atoms with E-state index in [4.69, 9.17) is 9.84 Å². The minimum Gasteiger partial charge on any atom is -0.396 e. The zero-order valence-corrected chi connectivity index (χ0v) is 7.25. The zero-order chi connectivity index (χ0) is 8.97. The fourth-order valence-corrected chi connectivity index (χ4v) is 1.19. The van der Waals surface area contributed by atoms with Crippen molar-refractivity contribution in [1.82, 2.24) is 5.32 Å². The summed E-state index contributed by atoms with van der Waals surface area (Å²) < 4.78 is 5.21. The van der Waals surface area contributed by atoms with E-state index in [0.29, 0.717) is 13.0 Å². The Kier molecular flexibility index (Phi) is 3.49. The summed E-state index contributed by atoms with van der Waals surface area (Å²) in [4.78, 5) is 11.1. The molecule has 1 heterocycles. The molecular weight excluding hydrogens is 158 g/mol. The highest BCUT2D eigenvalue weighted by Crippen LogP contribution is 2.06. The molecule has 2 N–H and O–H groups in total. The van der Waals surface area contributed by atoms with Gasteiger partial charge >= 0.3 is 0 Å². The van der Waals surface area contributed by atoms with Gasteiger partial charge in [-0.3, -0.25) is 4.79 Å². The molecule has 4 heteroatoms. The van der Waals surface area contributed by atoms with E-state index >= 15 is 0 Å². The number of hydrogen-bond acceptors (Lipinski definition) is 3. The Bertz CT molecular complexity index is 158. The Morgan fingerprint density at radius 3 is 3.08 bits per heavy atom. The maximum absolute atomic E-state index is 11.1. The van der Waals surface area contributed by atoms with Crippen molar-refractivity contribution in [3.63, 3.8) is 0 Å². The van der Waals surface area contributed by atoms with Gasteiger partial charge in [-0.25, -0.2) is 0 Å². The first kappa shape index (κ1) is 9.48. The van der Waals surface area contributed by atoms with Gasteiger partial charge in [0, 0.05) is 6.61 Å². The molecule has 12 heavy (non-hydrogen) atoms. The van der Waals surface area contributed by atoms with Gasteiger partial charge in [0.1, 0.15) is 6.10 Å². The highest BCUT2D eigenvalue weighted by molar-refractivity contribution is 5.81. The number of aliphatic hydroxyl groups excluding tert-OH is 1. The second-order valence-electron chi connectivity index (χ2n) is 3.05. The van der Waals surface area contributed by atoms with E-state index < -0.39 is 0 Å². The van der Waals surface area contributed by atoms with E-state index in [0.717, 1.165) is 6.42 Å². The summed E-state index contributed by atoms with van der Waals surface area (Å²) in [6.45, 7) is 2.46. The monoisotopic (exact) mass is 173 g/mol. The molecule has 2 atom stereocenters. The van der Waals surface area contributed by atoms with Crippen LogP contribution in [0.15, 0.2) is 0 Å². The van der Waals surface area contributed by atoms with Crippen LogP contribution in [0.25, 0.3) is 0 Å². The molecule has 1 rings (SSSR count). The van der Waals surface area contributed by atoms with Crippen LogP contribution in [0.1, 0.15) is 19.8 Å². The number of morpholine rings is 1. The molecular formula is C8H15NO3. The lowest BCUT2D eigenvalue weighted by molar-refractivity contribution is -0.139. The van der Waals surface area contributed by atoms with Gasteiger partial charge in [0.15, 0.2) is 0 Å². The summed E-state index contributed by atoms with van der Waals surface area (Å²) in [5, 5.41) is 11.4. The Balaban J connectivity index is 2.25. The van der Waals surface area contributed by atoms with E-state index in [-0.39, 0.29) is 24.7 Å². The average Bonchev–Trinajstić information content (AvgIpc) is 2.07. The lowest BCUT2D eigenvalue weighted by atomic mass is 10.1. The highest BCUT2D eigenvalue weighted by Gasteiger charge is 2.24. The van der Waals surface area contributed by atoms with Crippen molar-refractivity contribution in [2.45, 2.75) is 31.9 Å². The van der Waals surface area contributed by atoms with E-state index in [1.54, 1.807) is 6.92 Å². The van der Waals surface area contributed by atoms with Gasteiger partial charge in [0.2, 0.25) is 5.91 Å². The Labute approximate surface area is 71.9 Å². The molecule has 0 saturated carbocycles. The first-order chi connectivity index (χ1) is 5.74. The first-order valence-corrected chi connectivity index (χ1v) is 4.27. The minimum atomic E-state index is -0.324. The first-order valence-electron chi connectivity index (χ1n) is 4.27. The largest absolute Gasteiger partial charge is 0.396 e. The third kappa shape index (κ3) is 2.46. The maximum Gasteiger partial charge on any atom is 0.249 e. The number of aliphatic hydroxyl groups is 1. The van der Waals surface area contributed by atoms with E-state index in [1.165, 1.54) is 0 Å². The summed E-state index contributed by atoms with van der Waals surface area (Å²) in [5.74, 6) is -0.0517. The van der Waals surface area contributed by atoms with Crippen molar-refractivity contribution in [2.75, 3.05) is 13.2 Å². The standard InChI is InChI=1S/C8H15NO3/c1-6-8(11)9-7(5-12-6)3-2-4-10/h6-7,10H,2-5H2,1H3,(H,9,11)/t6-,7+/m1/s1. The molecule has 1 fully saturated rings. The Morgan fingerprint density at radius 2 is 2.50 bits per heavy atom. The lowest BCUT2D eigenvalue weighted by Gasteiger charge is -2.27. The molecule has 70 valence electrons. The van der Waals surface area contributed by atoms with Crippen molar-refractivity contribution in [3.8, 4) is 0 Å². The van der Waals surface area contributed by atoms with Crippen molar-refractivity contribution >= 4 is 5.91 Å². The van der Waals surface area contributed by atoms with Crippen LogP contribution in [0.4, 0.5) is 0 Å². The van der Waals surface area contributed by atoms with Gasteiger partial charge in [0.25, 0.3) is 0 Å². The molecule has 4 nitrogen and oxygen atoms in total. The van der Waals surface area contributed by atoms with Crippen molar-refractivity contribution in [1.29, 1.82) is 0 Å². The third-order valence-corrected chi connectivity index (χ3v) is 1.97. The SMILES string of the molecule is C[C@H]1OC[C@H](CCCO)NC1=O. The van der Waals surface area contributed by atoms with Gasteiger partial charge in [-0.15, -0.1) is 0 Å². The molecule has 1 amide bonds. The quantitative estimate of drug-likeness (QED) is 0.614. The second kappa shape index (κ2) is 4.42. The van der Waals surface area contributed by atoms with Crippen LogP contribution in [0.2, 0.25) is 0 Å². The van der Waals surface area contributed by atoms with Crippen LogP contribution >= 0.6 is 0 Å². The molecule has 1 aliphatic heterocycles. The lowest BCUT2D eigenvalue weighted by Crippen LogP contribution is -2.49. The van der Waals surface area contributed by atoms with E-state index in [2.05, 4.69) is 5.32 Å². The molecule has 0 aromatic heterocycles. The summed E-state index contributed by atoms with van der Waals surface area (Å²) in [5.41, 5.74) is 0. The molecule has 1 saturated heterocycles. The fourth-order valence-electron chi connectivity index (χ4n) is 1.19. The van der Waals surface area contributed by atoms with Gasteiger partial charge in [-0.1, -0.05) is 0 Å². The van der Waals surface area contributed by atoms with E-state index in [1.807, 2.05) is 0 Å². The topological polar surface area (TPSA) is 58.6 Å². The smallest absolute Gasteiger partial charge is 0.249 e. The fraction of sp³-hybridized carbons (Fsp3) is 0.875. The summed E-state index contributed by atoms with van der Waals surface area (Å²) in [6.07, 6.45) is 1.17. The zero-order valence-electron chi connectivity index (χ0n) is 7.25. The summed E-state index contributed by atoms with van der Waals surface area (Å²) in [6, 6.07) is 0.0841. The van der Waals surface area contributed by atoms with Crippen molar-refractivity contribution < 1.29 is 14.6 Å². The second-order valence-corrected chi connectivity index (χ2v) is 3.05. The van der Waals surface area contributed by atoms with E-state index in [9.17, 15) is 4.79 Å². The number of rotatable bonds is 3. The van der Waals surface area contributed by atoms with Crippen molar-refractivity contribution in [2.24, 2.45) is 0 Å². The summed E-state index contributed by atoms with van der Waals surface area (Å²) in [7, 11) is 0. The van der Waals surface area contributed by atoms with Gasteiger partial charge in [-0.05, 0) is 19.8 Å². The Morgan fingerprint density at radius 1 is 1.75 bits per heavy atom. The molecule has 1 aliphatic rings. The number of ether oxygens (including phenoxy) is 1. The third-order valence-electron chi connectivity index (χ3n) is 1.97. The molecule has 0 aromatic carbocycles. The van der Waals surface area contributed by atoms with Crippen LogP contribution in [-0.4, -0.2) is 36.4 Å².